The van der Waals surface area contributed by atoms with E-state index in [4.69, 9.17) is 9.47 Å². The first kappa shape index (κ1) is 15.0. The van der Waals surface area contributed by atoms with Crippen LogP contribution < -0.4 is 4.74 Å². The predicted molar refractivity (Wildman–Crippen MR) is 86.2 cm³/mol. The number of likely N-dealkylation sites (tertiary alicyclic amines) is 1. The maximum Gasteiger partial charge on any atom is 0.249 e. The van der Waals surface area contributed by atoms with Gasteiger partial charge in [-0.3, -0.25) is 9.69 Å². The smallest absolute Gasteiger partial charge is 0.249 e. The van der Waals surface area contributed by atoms with Gasteiger partial charge in [-0.1, -0.05) is 12.1 Å². The SMILES string of the molecule is COc1ccc(CN2C(=O)CO[C@@H]3CN(CC4CC4)C[C@H]32)cc1. The number of amides is 1. The maximum absolute atomic E-state index is 12.4. The molecule has 2 heterocycles. The number of ether oxygens (including phenoxy) is 2. The van der Waals surface area contributed by atoms with Crippen molar-refractivity contribution in [3.05, 3.63) is 29.8 Å². The van der Waals surface area contributed by atoms with Crippen LogP contribution >= 0.6 is 0 Å². The van der Waals surface area contributed by atoms with Gasteiger partial charge in [-0.25, -0.2) is 0 Å². The van der Waals surface area contributed by atoms with Crippen molar-refractivity contribution in [2.24, 2.45) is 5.92 Å². The quantitative estimate of drug-likeness (QED) is 0.826. The highest BCUT2D eigenvalue weighted by molar-refractivity contribution is 5.78. The Morgan fingerprint density at radius 1 is 1.22 bits per heavy atom. The molecule has 124 valence electrons. The number of benzene rings is 1. The molecule has 0 aromatic heterocycles. The van der Waals surface area contributed by atoms with E-state index in [1.54, 1.807) is 7.11 Å². The van der Waals surface area contributed by atoms with Crippen LogP contribution in [0.4, 0.5) is 0 Å². The topological polar surface area (TPSA) is 42.0 Å². The van der Waals surface area contributed by atoms with E-state index in [0.717, 1.165) is 30.3 Å². The van der Waals surface area contributed by atoms with Gasteiger partial charge in [0, 0.05) is 26.2 Å². The Kier molecular flexibility index (Phi) is 3.99. The molecular formula is C18H24N2O3. The molecule has 1 aliphatic carbocycles. The van der Waals surface area contributed by atoms with E-state index < -0.39 is 0 Å². The largest absolute Gasteiger partial charge is 0.497 e. The molecule has 0 bridgehead atoms. The zero-order valence-corrected chi connectivity index (χ0v) is 13.6. The van der Waals surface area contributed by atoms with Crippen LogP contribution in [0.25, 0.3) is 0 Å². The second kappa shape index (κ2) is 6.13. The number of carbonyl (C=O) groups is 1. The third-order valence-corrected chi connectivity index (χ3v) is 5.18. The average molecular weight is 316 g/mol. The van der Waals surface area contributed by atoms with Gasteiger partial charge in [0.15, 0.2) is 0 Å². The van der Waals surface area contributed by atoms with Gasteiger partial charge < -0.3 is 14.4 Å². The number of hydrogen-bond acceptors (Lipinski definition) is 4. The van der Waals surface area contributed by atoms with Crippen LogP contribution in [0.3, 0.4) is 0 Å². The molecule has 0 N–H and O–H groups in total. The Balaban J connectivity index is 1.45. The van der Waals surface area contributed by atoms with Crippen molar-refractivity contribution in [2.75, 3.05) is 33.4 Å². The zero-order valence-electron chi connectivity index (χ0n) is 13.6. The standard InChI is InChI=1S/C18H24N2O3/c1-22-15-6-4-14(5-7-15)9-20-16-10-19(8-13-2-3-13)11-17(16)23-12-18(20)21/h4-7,13,16-17H,2-3,8-12H2,1H3/t16-,17-/m1/s1. The summed E-state index contributed by atoms with van der Waals surface area (Å²) in [6.07, 6.45) is 2.90. The fraction of sp³-hybridized carbons (Fsp3) is 0.611. The van der Waals surface area contributed by atoms with Crippen molar-refractivity contribution < 1.29 is 14.3 Å². The first-order chi connectivity index (χ1) is 11.2. The molecule has 4 rings (SSSR count). The van der Waals surface area contributed by atoms with E-state index in [9.17, 15) is 4.79 Å². The minimum Gasteiger partial charge on any atom is -0.497 e. The zero-order chi connectivity index (χ0) is 15.8. The number of morpholine rings is 1. The summed E-state index contributed by atoms with van der Waals surface area (Å²) in [5, 5.41) is 0. The molecule has 2 aliphatic heterocycles. The van der Waals surface area contributed by atoms with Crippen molar-refractivity contribution in [1.82, 2.24) is 9.80 Å². The highest BCUT2D eigenvalue weighted by Gasteiger charge is 2.43. The fourth-order valence-corrected chi connectivity index (χ4v) is 3.69. The van der Waals surface area contributed by atoms with Gasteiger partial charge in [0.05, 0.1) is 19.3 Å². The summed E-state index contributed by atoms with van der Waals surface area (Å²) in [6, 6.07) is 8.16. The molecule has 1 aromatic rings. The van der Waals surface area contributed by atoms with Gasteiger partial charge in [-0.2, -0.15) is 0 Å². The Morgan fingerprint density at radius 2 is 2.00 bits per heavy atom. The summed E-state index contributed by atoms with van der Waals surface area (Å²) in [7, 11) is 1.66. The second-order valence-corrected chi connectivity index (χ2v) is 6.95. The molecule has 5 heteroatoms. The summed E-state index contributed by atoms with van der Waals surface area (Å²) < 4.78 is 11.0. The van der Waals surface area contributed by atoms with Crippen LogP contribution in [0, 0.1) is 5.92 Å². The second-order valence-electron chi connectivity index (χ2n) is 6.95. The highest BCUT2D eigenvalue weighted by atomic mass is 16.5. The summed E-state index contributed by atoms with van der Waals surface area (Å²) >= 11 is 0. The summed E-state index contributed by atoms with van der Waals surface area (Å²) in [4.78, 5) is 16.9. The maximum atomic E-state index is 12.4. The van der Waals surface area contributed by atoms with E-state index in [0.29, 0.717) is 6.54 Å². The Bertz CT molecular complexity index is 570. The lowest BCUT2D eigenvalue weighted by Gasteiger charge is -2.36. The van der Waals surface area contributed by atoms with Gasteiger partial charge >= 0.3 is 0 Å². The predicted octanol–water partition coefficient (Wildman–Crippen LogP) is 1.52. The molecule has 0 spiro atoms. The molecule has 2 saturated heterocycles. The third-order valence-electron chi connectivity index (χ3n) is 5.18. The molecule has 3 aliphatic rings. The molecule has 1 saturated carbocycles. The van der Waals surface area contributed by atoms with Gasteiger partial charge in [0.2, 0.25) is 5.91 Å². The third kappa shape index (κ3) is 3.21. The fourth-order valence-electron chi connectivity index (χ4n) is 3.69. The number of carbonyl (C=O) groups excluding carboxylic acids is 1. The molecule has 23 heavy (non-hydrogen) atoms. The van der Waals surface area contributed by atoms with Crippen molar-refractivity contribution in [1.29, 1.82) is 0 Å². The molecule has 0 unspecified atom stereocenters. The normalized spacial score (nSPS) is 28.0. The Hall–Kier alpha value is -1.59. The van der Waals surface area contributed by atoms with Crippen LogP contribution in [0.5, 0.6) is 5.75 Å². The van der Waals surface area contributed by atoms with Crippen molar-refractivity contribution in [2.45, 2.75) is 31.5 Å². The lowest BCUT2D eigenvalue weighted by atomic mass is 10.1. The van der Waals surface area contributed by atoms with E-state index >= 15 is 0 Å². The lowest BCUT2D eigenvalue weighted by Crippen LogP contribution is -2.53. The van der Waals surface area contributed by atoms with Crippen molar-refractivity contribution >= 4 is 5.91 Å². The number of hydrogen-bond donors (Lipinski definition) is 0. The van der Waals surface area contributed by atoms with Crippen molar-refractivity contribution in [3.8, 4) is 5.75 Å². The van der Waals surface area contributed by atoms with E-state index in [1.807, 2.05) is 29.2 Å². The van der Waals surface area contributed by atoms with E-state index in [-0.39, 0.29) is 24.7 Å². The molecule has 2 atom stereocenters. The Morgan fingerprint density at radius 3 is 2.70 bits per heavy atom. The minimum atomic E-state index is 0.107. The molecule has 1 amide bonds. The average Bonchev–Trinajstić information content (AvgIpc) is 3.28. The summed E-state index contributed by atoms with van der Waals surface area (Å²) in [5.74, 6) is 1.83. The number of methoxy groups -OCH3 is 1. The first-order valence-electron chi connectivity index (χ1n) is 8.49. The monoisotopic (exact) mass is 316 g/mol. The van der Waals surface area contributed by atoms with Crippen LogP contribution in [-0.4, -0.2) is 61.2 Å². The molecule has 0 radical (unpaired) electrons. The highest BCUT2D eigenvalue weighted by Crippen LogP contribution is 2.33. The van der Waals surface area contributed by atoms with Crippen LogP contribution in [-0.2, 0) is 16.1 Å². The van der Waals surface area contributed by atoms with Gasteiger partial charge in [0.25, 0.3) is 0 Å². The Labute approximate surface area is 137 Å². The van der Waals surface area contributed by atoms with Crippen molar-refractivity contribution in [3.63, 3.8) is 0 Å². The lowest BCUT2D eigenvalue weighted by molar-refractivity contribution is -0.153. The van der Waals surface area contributed by atoms with E-state index in [1.165, 1.54) is 19.4 Å². The molecular weight excluding hydrogens is 292 g/mol. The van der Waals surface area contributed by atoms with Gasteiger partial charge in [0.1, 0.15) is 12.4 Å². The number of fused-ring (bicyclic) bond motifs is 1. The molecule has 3 fully saturated rings. The van der Waals surface area contributed by atoms with Crippen LogP contribution in [0.2, 0.25) is 0 Å². The number of nitrogens with zero attached hydrogens (tertiary/aromatic N) is 2. The van der Waals surface area contributed by atoms with Gasteiger partial charge in [-0.15, -0.1) is 0 Å². The first-order valence-corrected chi connectivity index (χ1v) is 8.49. The van der Waals surface area contributed by atoms with Crippen LogP contribution in [0.15, 0.2) is 24.3 Å². The number of rotatable bonds is 5. The van der Waals surface area contributed by atoms with Crippen LogP contribution in [0.1, 0.15) is 18.4 Å². The van der Waals surface area contributed by atoms with Gasteiger partial charge in [-0.05, 0) is 36.5 Å². The molecule has 5 nitrogen and oxygen atoms in total. The summed E-state index contributed by atoms with van der Waals surface area (Å²) in [5.41, 5.74) is 1.14. The minimum absolute atomic E-state index is 0.107. The van der Waals surface area contributed by atoms with E-state index in [2.05, 4.69) is 4.90 Å². The summed E-state index contributed by atoms with van der Waals surface area (Å²) in [6.45, 7) is 3.96. The molecule has 1 aromatic carbocycles.